The molecule has 9 heteroatoms. The number of ether oxygens (including phenoxy) is 1. The lowest BCUT2D eigenvalue weighted by Gasteiger charge is -2.26. The van der Waals surface area contributed by atoms with Crippen LogP contribution in [0.2, 0.25) is 0 Å². The first kappa shape index (κ1) is 23.4. The third-order valence-corrected chi connectivity index (χ3v) is 7.02. The molecule has 1 aromatic carbocycles. The molecule has 2 aliphatic rings. The molecule has 158 valence electrons. The van der Waals surface area contributed by atoms with Gasteiger partial charge in [-0.05, 0) is 24.0 Å². The smallest absolute Gasteiger partial charge is 0.218 e. The lowest BCUT2D eigenvalue weighted by molar-refractivity contribution is 0.0729. The quantitative estimate of drug-likeness (QED) is 0.339. The first-order chi connectivity index (χ1) is 13.0. The summed E-state index contributed by atoms with van der Waals surface area (Å²) in [6, 6.07) is 7.94. The molecule has 3 rings (SSSR count). The van der Waals surface area contributed by atoms with Crippen LogP contribution in [-0.4, -0.2) is 51.0 Å². The monoisotopic (exact) mass is 522 g/mol. The summed E-state index contributed by atoms with van der Waals surface area (Å²) in [6.07, 6.45) is 6.01. The van der Waals surface area contributed by atoms with Gasteiger partial charge in [0.1, 0.15) is 0 Å². The van der Waals surface area contributed by atoms with Crippen molar-refractivity contribution in [1.82, 2.24) is 9.62 Å². The van der Waals surface area contributed by atoms with Gasteiger partial charge in [0, 0.05) is 19.1 Å². The summed E-state index contributed by atoms with van der Waals surface area (Å²) in [7, 11) is -3.36. The number of aliphatic imine (C=N–C) groups is 1. The molecule has 1 aromatic rings. The van der Waals surface area contributed by atoms with Crippen LogP contribution in [0.1, 0.15) is 43.2 Å². The van der Waals surface area contributed by atoms with Gasteiger partial charge in [0.25, 0.3) is 0 Å². The number of sulfonamides is 1. The minimum atomic E-state index is -3.36. The SMILES string of the molecule is I.NC(=NCc1ccccc1CS(=O)(=O)N1CCOCC1)NC1CCCCC1. The molecule has 0 radical (unpaired) electrons. The molecular formula is C19H31IN4O3S. The maximum absolute atomic E-state index is 12.7. The van der Waals surface area contributed by atoms with Crippen molar-refractivity contribution in [2.45, 2.75) is 50.4 Å². The van der Waals surface area contributed by atoms with Crippen LogP contribution < -0.4 is 11.1 Å². The van der Waals surface area contributed by atoms with Crippen molar-refractivity contribution in [3.8, 4) is 0 Å². The van der Waals surface area contributed by atoms with Gasteiger partial charge in [0.15, 0.2) is 5.96 Å². The van der Waals surface area contributed by atoms with Gasteiger partial charge < -0.3 is 15.8 Å². The Labute approximate surface area is 185 Å². The molecule has 3 N–H and O–H groups in total. The van der Waals surface area contributed by atoms with Crippen molar-refractivity contribution in [3.05, 3.63) is 35.4 Å². The molecule has 1 saturated heterocycles. The number of nitrogens with two attached hydrogens (primary N) is 1. The van der Waals surface area contributed by atoms with Gasteiger partial charge in [-0.25, -0.2) is 13.4 Å². The Bertz CT molecular complexity index is 745. The second-order valence-corrected chi connectivity index (χ2v) is 9.19. The molecule has 2 fully saturated rings. The fourth-order valence-electron chi connectivity index (χ4n) is 3.64. The Balaban J connectivity index is 0.00000280. The van der Waals surface area contributed by atoms with Crippen LogP contribution in [0.3, 0.4) is 0 Å². The minimum absolute atomic E-state index is 0. The topological polar surface area (TPSA) is 97.0 Å². The zero-order valence-electron chi connectivity index (χ0n) is 16.2. The zero-order chi connectivity index (χ0) is 19.1. The number of rotatable bonds is 6. The molecule has 0 aromatic heterocycles. The minimum Gasteiger partial charge on any atom is -0.379 e. The highest BCUT2D eigenvalue weighted by atomic mass is 127. The number of nitrogens with one attached hydrogen (secondary N) is 1. The van der Waals surface area contributed by atoms with E-state index in [2.05, 4.69) is 10.3 Å². The Morgan fingerprint density at radius 1 is 1.14 bits per heavy atom. The molecule has 7 nitrogen and oxygen atoms in total. The average molecular weight is 522 g/mol. The number of morpholine rings is 1. The van der Waals surface area contributed by atoms with Crippen LogP contribution in [-0.2, 0) is 27.1 Å². The predicted octanol–water partition coefficient (Wildman–Crippen LogP) is 2.20. The molecule has 0 unspecified atom stereocenters. The molecule has 1 aliphatic carbocycles. The standard InChI is InChI=1S/C19H30N4O3S.HI/c20-19(22-18-8-2-1-3-9-18)21-14-16-6-4-5-7-17(16)15-27(24,25)23-10-12-26-13-11-23;/h4-7,18H,1-3,8-15H2,(H3,20,21,22);1H. The Kier molecular flexibility index (Phi) is 9.45. The van der Waals surface area contributed by atoms with Gasteiger partial charge in [-0.2, -0.15) is 4.31 Å². The number of halogens is 1. The van der Waals surface area contributed by atoms with Crippen LogP contribution in [0.25, 0.3) is 0 Å². The van der Waals surface area contributed by atoms with Crippen LogP contribution in [0, 0.1) is 0 Å². The average Bonchev–Trinajstić information content (AvgIpc) is 2.68. The van der Waals surface area contributed by atoms with Crippen molar-refractivity contribution in [1.29, 1.82) is 0 Å². The van der Waals surface area contributed by atoms with E-state index in [1.165, 1.54) is 23.6 Å². The van der Waals surface area contributed by atoms with Crippen molar-refractivity contribution >= 4 is 40.0 Å². The van der Waals surface area contributed by atoms with Crippen molar-refractivity contribution in [2.24, 2.45) is 10.7 Å². The molecule has 28 heavy (non-hydrogen) atoms. The maximum Gasteiger partial charge on any atom is 0.218 e. The van der Waals surface area contributed by atoms with Crippen molar-refractivity contribution < 1.29 is 13.2 Å². The van der Waals surface area contributed by atoms with Gasteiger partial charge in [-0.15, -0.1) is 24.0 Å². The van der Waals surface area contributed by atoms with E-state index in [-0.39, 0.29) is 29.7 Å². The van der Waals surface area contributed by atoms with Crippen LogP contribution >= 0.6 is 24.0 Å². The van der Waals surface area contributed by atoms with Gasteiger partial charge in [0.2, 0.25) is 10.0 Å². The third-order valence-electron chi connectivity index (χ3n) is 5.20. The van der Waals surface area contributed by atoms with E-state index in [1.807, 2.05) is 24.3 Å². The summed E-state index contributed by atoms with van der Waals surface area (Å²) in [6.45, 7) is 2.12. The largest absolute Gasteiger partial charge is 0.379 e. The first-order valence-electron chi connectivity index (χ1n) is 9.73. The second kappa shape index (κ2) is 11.3. The van der Waals surface area contributed by atoms with E-state index in [9.17, 15) is 8.42 Å². The number of benzene rings is 1. The maximum atomic E-state index is 12.7. The summed E-state index contributed by atoms with van der Waals surface area (Å²) < 4.78 is 32.2. The fourth-order valence-corrected chi connectivity index (χ4v) is 5.20. The Morgan fingerprint density at radius 3 is 2.46 bits per heavy atom. The van der Waals surface area contributed by atoms with E-state index < -0.39 is 10.0 Å². The van der Waals surface area contributed by atoms with Crippen LogP contribution in [0.4, 0.5) is 0 Å². The number of nitrogens with zero attached hydrogens (tertiary/aromatic N) is 2. The van der Waals surface area contributed by atoms with E-state index >= 15 is 0 Å². The van der Waals surface area contributed by atoms with Gasteiger partial charge in [-0.3, -0.25) is 0 Å². The summed E-state index contributed by atoms with van der Waals surface area (Å²) in [5.41, 5.74) is 7.71. The van der Waals surface area contributed by atoms with E-state index in [0.29, 0.717) is 44.8 Å². The molecular weight excluding hydrogens is 491 g/mol. The Morgan fingerprint density at radius 2 is 1.79 bits per heavy atom. The normalized spacial score (nSPS) is 19.8. The fraction of sp³-hybridized carbons (Fsp3) is 0.632. The summed E-state index contributed by atoms with van der Waals surface area (Å²) in [4.78, 5) is 4.45. The van der Waals surface area contributed by atoms with Gasteiger partial charge in [-0.1, -0.05) is 43.5 Å². The van der Waals surface area contributed by atoms with E-state index in [1.54, 1.807) is 0 Å². The van der Waals surface area contributed by atoms with E-state index in [0.717, 1.165) is 24.0 Å². The number of guanidine groups is 1. The molecule has 0 amide bonds. The van der Waals surface area contributed by atoms with Crippen molar-refractivity contribution in [2.75, 3.05) is 26.3 Å². The molecule has 0 bridgehead atoms. The van der Waals surface area contributed by atoms with Crippen molar-refractivity contribution in [3.63, 3.8) is 0 Å². The van der Waals surface area contributed by atoms with E-state index in [4.69, 9.17) is 10.5 Å². The van der Waals surface area contributed by atoms with Gasteiger partial charge in [0.05, 0.1) is 25.5 Å². The first-order valence-corrected chi connectivity index (χ1v) is 11.3. The Hall–Kier alpha value is -0.910. The molecule has 1 aliphatic heterocycles. The summed E-state index contributed by atoms with van der Waals surface area (Å²) >= 11 is 0. The molecule has 0 spiro atoms. The molecule has 1 heterocycles. The zero-order valence-corrected chi connectivity index (χ0v) is 19.3. The van der Waals surface area contributed by atoms with Crippen LogP contribution in [0.5, 0.6) is 0 Å². The highest BCUT2D eigenvalue weighted by Crippen LogP contribution is 2.18. The van der Waals surface area contributed by atoms with Gasteiger partial charge >= 0.3 is 0 Å². The number of hydrogen-bond donors (Lipinski definition) is 2. The number of hydrogen-bond acceptors (Lipinski definition) is 4. The highest BCUT2D eigenvalue weighted by molar-refractivity contribution is 14.0. The third kappa shape index (κ3) is 6.85. The molecule has 0 atom stereocenters. The lowest BCUT2D eigenvalue weighted by atomic mass is 9.96. The second-order valence-electron chi connectivity index (χ2n) is 7.22. The van der Waals surface area contributed by atoms with Crippen LogP contribution in [0.15, 0.2) is 29.3 Å². The predicted molar refractivity (Wildman–Crippen MR) is 122 cm³/mol. The molecule has 1 saturated carbocycles. The highest BCUT2D eigenvalue weighted by Gasteiger charge is 2.25. The summed E-state index contributed by atoms with van der Waals surface area (Å²) in [5.74, 6) is 0.419. The lowest BCUT2D eigenvalue weighted by Crippen LogP contribution is -2.41. The summed E-state index contributed by atoms with van der Waals surface area (Å²) in [5, 5.41) is 3.30.